The molecule has 5 nitrogen and oxygen atoms in total. The predicted molar refractivity (Wildman–Crippen MR) is 123 cm³/mol. The van der Waals surface area contributed by atoms with Crippen molar-refractivity contribution in [2.45, 2.75) is 18.6 Å². The zero-order chi connectivity index (χ0) is 21.0. The topological polar surface area (TPSA) is 53.6 Å². The second-order valence-electron chi connectivity index (χ2n) is 7.95. The minimum Gasteiger partial charge on any atom is -0.376 e. The van der Waals surface area contributed by atoms with E-state index in [0.717, 1.165) is 42.0 Å². The molecule has 0 amide bonds. The van der Waals surface area contributed by atoms with Crippen molar-refractivity contribution in [3.05, 3.63) is 78.6 Å². The summed E-state index contributed by atoms with van der Waals surface area (Å²) < 4.78 is 2.19. The lowest BCUT2D eigenvalue weighted by molar-refractivity contribution is 0.0846. The van der Waals surface area contributed by atoms with Gasteiger partial charge in [0.25, 0.3) is 0 Å². The molecule has 1 atom stereocenters. The van der Waals surface area contributed by atoms with E-state index in [0.29, 0.717) is 5.82 Å². The van der Waals surface area contributed by atoms with E-state index in [-0.39, 0.29) is 6.54 Å². The summed E-state index contributed by atoms with van der Waals surface area (Å²) in [7, 11) is 4.16. The van der Waals surface area contributed by atoms with Crippen molar-refractivity contribution in [1.82, 2.24) is 14.5 Å². The quantitative estimate of drug-likeness (QED) is 0.652. The highest BCUT2D eigenvalue weighted by molar-refractivity contribution is 5.79. The first-order valence-corrected chi connectivity index (χ1v) is 10.3. The van der Waals surface area contributed by atoms with Crippen LogP contribution in [0.15, 0.2) is 77.8 Å². The predicted octanol–water partition coefficient (Wildman–Crippen LogP) is 4.00. The number of dihydropyridines is 1. The second kappa shape index (κ2) is 8.78. The smallest absolute Gasteiger partial charge is 0.160 e. The lowest BCUT2D eigenvalue weighted by Gasteiger charge is -2.26. The molecule has 0 saturated carbocycles. The van der Waals surface area contributed by atoms with Crippen LogP contribution in [0, 0.1) is 0 Å². The van der Waals surface area contributed by atoms with Gasteiger partial charge in [0, 0.05) is 23.9 Å². The third kappa shape index (κ3) is 4.13. The highest BCUT2D eigenvalue weighted by atomic mass is 16.3. The third-order valence-corrected chi connectivity index (χ3v) is 5.33. The Kier molecular flexibility index (Phi) is 5.93. The molecule has 0 fully saturated rings. The molecule has 0 radical (unpaired) electrons. The maximum Gasteiger partial charge on any atom is 0.160 e. The Labute approximate surface area is 178 Å². The molecule has 1 unspecified atom stereocenters. The van der Waals surface area contributed by atoms with Crippen LogP contribution in [0.3, 0.4) is 0 Å². The largest absolute Gasteiger partial charge is 0.376 e. The van der Waals surface area contributed by atoms with Crippen LogP contribution < -0.4 is 0 Å². The Balaban J connectivity index is 1.92. The molecular weight excluding hydrogens is 372 g/mol. The minimum absolute atomic E-state index is 0.274. The van der Waals surface area contributed by atoms with Gasteiger partial charge in [-0.3, -0.25) is 4.99 Å². The molecule has 0 bridgehead atoms. The third-order valence-electron chi connectivity index (χ3n) is 5.33. The van der Waals surface area contributed by atoms with Gasteiger partial charge in [-0.25, -0.2) is 4.98 Å². The summed E-state index contributed by atoms with van der Waals surface area (Å²) in [4.78, 5) is 11.5. The lowest BCUT2D eigenvalue weighted by atomic mass is 10.0. The summed E-state index contributed by atoms with van der Waals surface area (Å²) in [5, 5.41) is 11.5. The molecule has 0 aliphatic carbocycles. The van der Waals surface area contributed by atoms with Crippen molar-refractivity contribution < 1.29 is 5.11 Å². The first-order valence-electron chi connectivity index (χ1n) is 10.3. The maximum atomic E-state index is 11.5. The number of imidazole rings is 1. The summed E-state index contributed by atoms with van der Waals surface area (Å²) in [6.45, 7) is 1.99. The molecule has 3 aromatic rings. The van der Waals surface area contributed by atoms with Crippen LogP contribution in [0.4, 0.5) is 0 Å². The number of hydrogen-bond acceptors (Lipinski definition) is 4. The molecule has 1 aromatic heterocycles. The van der Waals surface area contributed by atoms with E-state index in [4.69, 9.17) is 4.98 Å². The average molecular weight is 401 g/mol. The van der Waals surface area contributed by atoms with Gasteiger partial charge in [0.1, 0.15) is 5.82 Å². The van der Waals surface area contributed by atoms with Crippen LogP contribution >= 0.6 is 0 Å². The summed E-state index contributed by atoms with van der Waals surface area (Å²) in [5.74, 6) is 0.645. The van der Waals surface area contributed by atoms with Crippen molar-refractivity contribution >= 4 is 6.21 Å². The molecule has 2 heterocycles. The fraction of sp³-hybridized carbons (Fsp3) is 0.280. The summed E-state index contributed by atoms with van der Waals surface area (Å²) in [5.41, 5.74) is 2.83. The Morgan fingerprint density at radius 1 is 1.00 bits per heavy atom. The standard InChI is InChI=1S/C25H28N4O/c1-28(2)17-10-18-29-23(21-13-7-4-8-14-21)22(20-11-5-3-6-12-20)27-24(29)25(30)15-9-16-26-19-25/h3-9,11-16,30H,10,17-19H2,1-2H3. The van der Waals surface area contributed by atoms with E-state index in [1.165, 1.54) is 0 Å². The van der Waals surface area contributed by atoms with E-state index in [2.05, 4.69) is 52.8 Å². The number of aliphatic imine (C=N–C) groups is 1. The van der Waals surface area contributed by atoms with E-state index in [1.54, 1.807) is 18.4 Å². The van der Waals surface area contributed by atoms with E-state index >= 15 is 0 Å². The van der Waals surface area contributed by atoms with Crippen molar-refractivity contribution in [3.8, 4) is 22.5 Å². The van der Waals surface area contributed by atoms with Crippen molar-refractivity contribution in [2.75, 3.05) is 27.2 Å². The van der Waals surface area contributed by atoms with Gasteiger partial charge in [0.2, 0.25) is 0 Å². The number of benzene rings is 2. The van der Waals surface area contributed by atoms with Gasteiger partial charge in [-0.1, -0.05) is 60.7 Å². The normalized spacial score (nSPS) is 18.3. The summed E-state index contributed by atoms with van der Waals surface area (Å²) in [6.07, 6.45) is 6.28. The maximum absolute atomic E-state index is 11.5. The Bertz CT molecular complexity index is 1040. The molecule has 0 saturated heterocycles. The summed E-state index contributed by atoms with van der Waals surface area (Å²) in [6, 6.07) is 20.5. The molecule has 1 aliphatic rings. The van der Waals surface area contributed by atoms with E-state index in [1.807, 2.05) is 36.4 Å². The fourth-order valence-electron chi connectivity index (χ4n) is 3.88. The molecule has 1 N–H and O–H groups in total. The second-order valence-corrected chi connectivity index (χ2v) is 7.95. The van der Waals surface area contributed by atoms with Gasteiger partial charge in [-0.05, 0) is 39.2 Å². The monoisotopic (exact) mass is 400 g/mol. The fourth-order valence-corrected chi connectivity index (χ4v) is 3.88. The molecule has 2 aromatic carbocycles. The first-order chi connectivity index (χ1) is 14.6. The number of rotatable bonds is 7. The number of aliphatic hydroxyl groups is 1. The number of hydrogen-bond donors (Lipinski definition) is 1. The number of aromatic nitrogens is 2. The van der Waals surface area contributed by atoms with Gasteiger partial charge in [-0.2, -0.15) is 0 Å². The highest BCUT2D eigenvalue weighted by Gasteiger charge is 2.35. The summed E-state index contributed by atoms with van der Waals surface area (Å²) >= 11 is 0. The van der Waals surface area contributed by atoms with Crippen molar-refractivity contribution in [1.29, 1.82) is 0 Å². The minimum atomic E-state index is -1.22. The van der Waals surface area contributed by atoms with E-state index < -0.39 is 5.60 Å². The lowest BCUT2D eigenvalue weighted by Crippen LogP contribution is -2.33. The van der Waals surface area contributed by atoms with Crippen LogP contribution in [-0.2, 0) is 12.1 Å². The Morgan fingerprint density at radius 3 is 2.27 bits per heavy atom. The molecule has 0 spiro atoms. The Hall–Kier alpha value is -3.02. The van der Waals surface area contributed by atoms with Gasteiger partial charge in [0.05, 0.1) is 17.9 Å². The van der Waals surface area contributed by atoms with Gasteiger partial charge in [-0.15, -0.1) is 0 Å². The zero-order valence-corrected chi connectivity index (χ0v) is 17.6. The Morgan fingerprint density at radius 2 is 1.67 bits per heavy atom. The first kappa shape index (κ1) is 20.3. The number of allylic oxidation sites excluding steroid dienone is 1. The van der Waals surface area contributed by atoms with Crippen LogP contribution in [0.25, 0.3) is 22.5 Å². The molecule has 30 heavy (non-hydrogen) atoms. The van der Waals surface area contributed by atoms with Crippen LogP contribution in [-0.4, -0.2) is 53.0 Å². The molecule has 5 heteroatoms. The zero-order valence-electron chi connectivity index (χ0n) is 17.6. The van der Waals surface area contributed by atoms with Gasteiger partial charge >= 0.3 is 0 Å². The van der Waals surface area contributed by atoms with Gasteiger partial charge in [0.15, 0.2) is 5.60 Å². The molecule has 4 rings (SSSR count). The van der Waals surface area contributed by atoms with Crippen molar-refractivity contribution in [2.24, 2.45) is 4.99 Å². The van der Waals surface area contributed by atoms with Crippen LogP contribution in [0.5, 0.6) is 0 Å². The van der Waals surface area contributed by atoms with Crippen LogP contribution in [0.1, 0.15) is 12.2 Å². The average Bonchev–Trinajstić information content (AvgIpc) is 3.16. The van der Waals surface area contributed by atoms with Crippen LogP contribution in [0.2, 0.25) is 0 Å². The van der Waals surface area contributed by atoms with Gasteiger partial charge < -0.3 is 14.6 Å². The van der Waals surface area contributed by atoms with E-state index in [9.17, 15) is 5.11 Å². The SMILES string of the molecule is CN(C)CCCn1c(C2(O)C=CC=NC2)nc(-c2ccccc2)c1-c1ccccc1. The molecular formula is C25H28N4O. The van der Waals surface area contributed by atoms with Crippen molar-refractivity contribution in [3.63, 3.8) is 0 Å². The number of nitrogens with zero attached hydrogens (tertiary/aromatic N) is 4. The molecule has 1 aliphatic heterocycles. The highest BCUT2D eigenvalue weighted by Crippen LogP contribution is 2.37. The molecule has 154 valence electrons.